The van der Waals surface area contributed by atoms with Gasteiger partial charge >= 0.3 is 0 Å². The minimum absolute atomic E-state index is 0.366. The topological polar surface area (TPSA) is 29.4 Å². The quantitative estimate of drug-likeness (QED) is 0.475. The molecule has 0 heterocycles. The zero-order valence-corrected chi connectivity index (χ0v) is 8.98. The molecule has 0 unspecified atom stereocenters. The molecule has 5 aliphatic rings. The van der Waals surface area contributed by atoms with Crippen molar-refractivity contribution < 1.29 is 4.79 Å². The van der Waals surface area contributed by atoms with Crippen molar-refractivity contribution in [1.82, 2.24) is 0 Å². The van der Waals surface area contributed by atoms with E-state index in [2.05, 4.69) is 4.99 Å². The number of carbonyl (C=O) groups excluding carboxylic acids is 1. The van der Waals surface area contributed by atoms with Crippen LogP contribution in [0.5, 0.6) is 0 Å². The average molecular weight is 203 g/mol. The van der Waals surface area contributed by atoms with E-state index < -0.39 is 0 Å². The van der Waals surface area contributed by atoms with Crippen molar-refractivity contribution in [2.45, 2.75) is 44.6 Å². The molecule has 1 atom stereocenters. The number of hydrogen-bond acceptors (Lipinski definition) is 2. The molecule has 0 radical (unpaired) electrons. The third-order valence-corrected chi connectivity index (χ3v) is 5.87. The van der Waals surface area contributed by atoms with Gasteiger partial charge in [0.15, 0.2) is 0 Å². The van der Waals surface area contributed by atoms with E-state index in [9.17, 15) is 4.79 Å². The molecule has 2 nitrogen and oxygen atoms in total. The lowest BCUT2D eigenvalue weighted by atomic mass is 9.50. The molecule has 80 valence electrons. The molecule has 0 amide bonds. The standard InChI is InChI=1S/C13H17NO/c15-7-14-12-6-13(12)10-2-8-1-9(4-10)5-11(13)3-8/h8-12H,1-6H2/t8?,9?,10?,11?,12-,13?/m1/s1. The van der Waals surface area contributed by atoms with Crippen LogP contribution in [0.15, 0.2) is 4.99 Å². The first-order valence-corrected chi connectivity index (χ1v) is 6.40. The molecule has 15 heavy (non-hydrogen) atoms. The van der Waals surface area contributed by atoms with Gasteiger partial charge in [-0.1, -0.05) is 0 Å². The van der Waals surface area contributed by atoms with E-state index in [1.807, 2.05) is 0 Å². The summed E-state index contributed by atoms with van der Waals surface area (Å²) < 4.78 is 0. The predicted molar refractivity (Wildman–Crippen MR) is 56.0 cm³/mol. The second-order valence-electron chi connectivity index (χ2n) is 6.36. The summed E-state index contributed by atoms with van der Waals surface area (Å²) in [6, 6.07) is 0.366. The van der Waals surface area contributed by atoms with Crippen LogP contribution in [0.1, 0.15) is 38.5 Å². The van der Waals surface area contributed by atoms with Crippen LogP contribution in [0.3, 0.4) is 0 Å². The van der Waals surface area contributed by atoms with Gasteiger partial charge < -0.3 is 0 Å². The molecule has 1 spiro atoms. The maximum Gasteiger partial charge on any atom is 0.235 e. The number of aliphatic imine (C=N–C) groups is 1. The van der Waals surface area contributed by atoms with Gasteiger partial charge in [0.05, 0.1) is 6.04 Å². The molecule has 5 fully saturated rings. The molecule has 0 aromatic rings. The first-order chi connectivity index (χ1) is 7.33. The van der Waals surface area contributed by atoms with E-state index in [-0.39, 0.29) is 0 Å². The van der Waals surface area contributed by atoms with Crippen LogP contribution < -0.4 is 0 Å². The van der Waals surface area contributed by atoms with Crippen molar-refractivity contribution in [2.75, 3.05) is 0 Å². The van der Waals surface area contributed by atoms with Crippen LogP contribution in [0.2, 0.25) is 0 Å². The van der Waals surface area contributed by atoms with Crippen molar-refractivity contribution in [2.24, 2.45) is 34.1 Å². The summed E-state index contributed by atoms with van der Waals surface area (Å²) in [4.78, 5) is 14.4. The van der Waals surface area contributed by atoms with Crippen LogP contribution in [0.4, 0.5) is 0 Å². The molecule has 5 saturated carbocycles. The van der Waals surface area contributed by atoms with Crippen molar-refractivity contribution in [3.05, 3.63) is 0 Å². The first kappa shape index (κ1) is 8.52. The number of nitrogens with zero attached hydrogens (tertiary/aromatic N) is 1. The lowest BCUT2D eigenvalue weighted by Gasteiger charge is -2.55. The Balaban J connectivity index is 1.69. The highest BCUT2D eigenvalue weighted by Crippen LogP contribution is 2.72. The maximum absolute atomic E-state index is 10.4. The van der Waals surface area contributed by atoms with Crippen molar-refractivity contribution >= 4 is 6.08 Å². The lowest BCUT2D eigenvalue weighted by Crippen LogP contribution is -2.47. The number of rotatable bonds is 1. The number of isocyanates is 1. The van der Waals surface area contributed by atoms with E-state index in [1.54, 1.807) is 6.08 Å². The molecule has 0 aromatic carbocycles. The summed E-state index contributed by atoms with van der Waals surface area (Å²) in [5.74, 6) is 3.88. The third kappa shape index (κ3) is 0.921. The Kier molecular flexibility index (Phi) is 1.45. The highest BCUT2D eigenvalue weighted by Gasteiger charge is 2.68. The van der Waals surface area contributed by atoms with E-state index in [4.69, 9.17) is 0 Å². The SMILES string of the molecule is O=C=N[C@@H]1CC12C1CC3CC(C1)CC2C3. The lowest BCUT2D eigenvalue weighted by molar-refractivity contribution is -0.0543. The Morgan fingerprint density at radius 3 is 2.13 bits per heavy atom. The molecule has 2 heteroatoms. The zero-order chi connectivity index (χ0) is 10.0. The molecular weight excluding hydrogens is 186 g/mol. The molecular formula is C13H17NO. The van der Waals surface area contributed by atoms with Crippen LogP contribution >= 0.6 is 0 Å². The summed E-state index contributed by atoms with van der Waals surface area (Å²) in [6.45, 7) is 0. The van der Waals surface area contributed by atoms with Crippen molar-refractivity contribution in [1.29, 1.82) is 0 Å². The van der Waals surface area contributed by atoms with Gasteiger partial charge in [-0.25, -0.2) is 9.79 Å². The Hall–Kier alpha value is -0.620. The maximum atomic E-state index is 10.4. The second-order valence-corrected chi connectivity index (χ2v) is 6.36. The van der Waals surface area contributed by atoms with Gasteiger partial charge in [0.25, 0.3) is 0 Å². The van der Waals surface area contributed by atoms with Gasteiger partial charge in [0, 0.05) is 5.41 Å². The third-order valence-electron chi connectivity index (χ3n) is 5.87. The van der Waals surface area contributed by atoms with Gasteiger partial charge in [-0.15, -0.1) is 0 Å². The van der Waals surface area contributed by atoms with Gasteiger partial charge in [-0.3, -0.25) is 0 Å². The van der Waals surface area contributed by atoms with E-state index in [0.717, 1.165) is 23.7 Å². The Morgan fingerprint density at radius 1 is 1.00 bits per heavy atom. The largest absolute Gasteiger partial charge is 0.235 e. The van der Waals surface area contributed by atoms with Crippen LogP contribution in [0.25, 0.3) is 0 Å². The molecule has 5 rings (SSSR count). The van der Waals surface area contributed by atoms with Gasteiger partial charge in [0.1, 0.15) is 0 Å². The molecule has 5 aliphatic carbocycles. The highest BCUT2D eigenvalue weighted by atomic mass is 16.1. The fraction of sp³-hybridized carbons (Fsp3) is 0.923. The molecule has 0 aromatic heterocycles. The second kappa shape index (κ2) is 2.55. The summed E-state index contributed by atoms with van der Waals surface area (Å²) >= 11 is 0. The van der Waals surface area contributed by atoms with Gasteiger partial charge in [0.2, 0.25) is 6.08 Å². The Bertz CT molecular complexity index is 328. The Morgan fingerprint density at radius 2 is 1.60 bits per heavy atom. The van der Waals surface area contributed by atoms with Crippen LogP contribution in [-0.4, -0.2) is 12.1 Å². The minimum atomic E-state index is 0.366. The van der Waals surface area contributed by atoms with Crippen molar-refractivity contribution in [3.63, 3.8) is 0 Å². The Labute approximate surface area is 90.2 Å². The fourth-order valence-corrected chi connectivity index (χ4v) is 5.44. The van der Waals surface area contributed by atoms with Crippen LogP contribution in [0, 0.1) is 29.1 Å². The first-order valence-electron chi connectivity index (χ1n) is 6.40. The van der Waals surface area contributed by atoms with Gasteiger partial charge in [-0.2, -0.15) is 0 Å². The molecule has 0 saturated heterocycles. The smallest absolute Gasteiger partial charge is 0.211 e. The molecule has 0 N–H and O–H groups in total. The van der Waals surface area contributed by atoms with E-state index in [1.165, 1.54) is 38.5 Å². The number of hydrogen-bond donors (Lipinski definition) is 0. The van der Waals surface area contributed by atoms with E-state index >= 15 is 0 Å². The highest BCUT2D eigenvalue weighted by molar-refractivity contribution is 5.37. The summed E-state index contributed by atoms with van der Waals surface area (Å²) in [6.07, 6.45) is 10.3. The summed E-state index contributed by atoms with van der Waals surface area (Å²) in [5, 5.41) is 0. The molecule has 4 bridgehead atoms. The zero-order valence-electron chi connectivity index (χ0n) is 8.98. The van der Waals surface area contributed by atoms with E-state index in [0.29, 0.717) is 11.5 Å². The van der Waals surface area contributed by atoms with Gasteiger partial charge in [-0.05, 0) is 62.2 Å². The monoisotopic (exact) mass is 203 g/mol. The predicted octanol–water partition coefficient (Wildman–Crippen LogP) is 2.54. The average Bonchev–Trinajstić information content (AvgIpc) is 2.90. The minimum Gasteiger partial charge on any atom is -0.211 e. The van der Waals surface area contributed by atoms with Crippen molar-refractivity contribution in [3.8, 4) is 0 Å². The summed E-state index contributed by atoms with van der Waals surface area (Å²) in [7, 11) is 0. The molecule has 0 aliphatic heterocycles. The van der Waals surface area contributed by atoms with Crippen LogP contribution in [-0.2, 0) is 4.79 Å². The fourth-order valence-electron chi connectivity index (χ4n) is 5.44. The normalized spacial score (nSPS) is 59.3. The summed E-state index contributed by atoms with van der Waals surface area (Å²) in [5.41, 5.74) is 0.491.